The molecule has 0 aromatic heterocycles. The molecule has 0 heterocycles. The maximum Gasteiger partial charge on any atom is 0.411 e. The molecule has 0 saturated carbocycles. The zero-order valence-corrected chi connectivity index (χ0v) is 9.97. The van der Waals surface area contributed by atoms with Gasteiger partial charge in [0.1, 0.15) is 19.0 Å². The third-order valence-corrected chi connectivity index (χ3v) is 2.15. The summed E-state index contributed by atoms with van der Waals surface area (Å²) >= 11 is 0. The van der Waals surface area contributed by atoms with Crippen molar-refractivity contribution in [3.05, 3.63) is 35.6 Å². The van der Waals surface area contributed by atoms with E-state index in [0.717, 1.165) is 5.56 Å². The van der Waals surface area contributed by atoms with E-state index in [4.69, 9.17) is 0 Å². The number of amides is 1. The van der Waals surface area contributed by atoms with E-state index in [-0.39, 0.29) is 12.4 Å². The Morgan fingerprint density at radius 1 is 1.21 bits per heavy atom. The summed E-state index contributed by atoms with van der Waals surface area (Å²) < 4.78 is 52.0. The summed E-state index contributed by atoms with van der Waals surface area (Å²) in [6.45, 7) is -1.83. The number of ether oxygens (including phenoxy) is 1. The van der Waals surface area contributed by atoms with Crippen molar-refractivity contribution in [3.8, 4) is 0 Å². The number of alkyl halides is 3. The standard InChI is InChI=1S/C12H13F4NO2/c13-10-3-1-9(2-4-10)5-6-17-11(18)7-19-8-12(14,15)16/h1-4H,5-8H2,(H,17,18). The van der Waals surface area contributed by atoms with Crippen LogP contribution in [0, 0.1) is 5.82 Å². The van der Waals surface area contributed by atoms with Gasteiger partial charge in [-0.15, -0.1) is 0 Å². The SMILES string of the molecule is O=C(COCC(F)(F)F)NCCc1ccc(F)cc1. The molecule has 1 amide bonds. The van der Waals surface area contributed by atoms with Crippen LogP contribution in [0.3, 0.4) is 0 Å². The Morgan fingerprint density at radius 3 is 2.42 bits per heavy atom. The van der Waals surface area contributed by atoms with Crippen LogP contribution in [0.15, 0.2) is 24.3 Å². The smallest absolute Gasteiger partial charge is 0.362 e. The quantitative estimate of drug-likeness (QED) is 0.809. The zero-order chi connectivity index (χ0) is 14.3. The van der Waals surface area contributed by atoms with E-state index in [9.17, 15) is 22.4 Å². The Hall–Kier alpha value is -1.63. The van der Waals surface area contributed by atoms with Gasteiger partial charge in [0.05, 0.1) is 0 Å². The number of nitrogens with one attached hydrogen (secondary N) is 1. The summed E-state index contributed by atoms with van der Waals surface area (Å²) in [5.74, 6) is -0.973. The van der Waals surface area contributed by atoms with Gasteiger partial charge in [-0.2, -0.15) is 13.2 Å². The Labute approximate surface area is 107 Å². The Balaban J connectivity index is 2.15. The molecule has 3 nitrogen and oxygen atoms in total. The van der Waals surface area contributed by atoms with Crippen molar-refractivity contribution >= 4 is 5.91 Å². The third kappa shape index (κ3) is 7.40. The molecule has 1 rings (SSSR count). The highest BCUT2D eigenvalue weighted by Gasteiger charge is 2.27. The molecule has 19 heavy (non-hydrogen) atoms. The minimum atomic E-state index is -4.44. The normalized spacial score (nSPS) is 11.4. The maximum atomic E-state index is 12.6. The van der Waals surface area contributed by atoms with E-state index < -0.39 is 25.3 Å². The largest absolute Gasteiger partial charge is 0.411 e. The molecular formula is C12H13F4NO2. The summed E-state index contributed by atoms with van der Waals surface area (Å²) in [5, 5.41) is 2.41. The third-order valence-electron chi connectivity index (χ3n) is 2.15. The van der Waals surface area contributed by atoms with Crippen molar-refractivity contribution in [2.75, 3.05) is 19.8 Å². The van der Waals surface area contributed by atoms with Crippen LogP contribution in [0.4, 0.5) is 17.6 Å². The lowest BCUT2D eigenvalue weighted by atomic mass is 10.1. The summed E-state index contributed by atoms with van der Waals surface area (Å²) in [6.07, 6.45) is -3.97. The summed E-state index contributed by atoms with van der Waals surface area (Å²) in [5.41, 5.74) is 0.818. The van der Waals surface area contributed by atoms with Gasteiger partial charge in [-0.1, -0.05) is 12.1 Å². The first-order chi connectivity index (χ1) is 8.87. The Bertz CT molecular complexity index is 403. The highest BCUT2D eigenvalue weighted by molar-refractivity contribution is 5.77. The van der Waals surface area contributed by atoms with Gasteiger partial charge < -0.3 is 10.1 Å². The predicted octanol–water partition coefficient (Wildman–Crippen LogP) is 2.06. The van der Waals surface area contributed by atoms with E-state index in [1.807, 2.05) is 0 Å². The van der Waals surface area contributed by atoms with Gasteiger partial charge in [-0.05, 0) is 24.1 Å². The van der Waals surface area contributed by atoms with Crippen LogP contribution in [0.2, 0.25) is 0 Å². The van der Waals surface area contributed by atoms with E-state index in [1.54, 1.807) is 12.1 Å². The molecule has 0 spiro atoms. The van der Waals surface area contributed by atoms with E-state index in [0.29, 0.717) is 6.42 Å². The number of hydrogen-bond acceptors (Lipinski definition) is 2. The highest BCUT2D eigenvalue weighted by atomic mass is 19.4. The summed E-state index contributed by atoms with van der Waals surface area (Å²) in [6, 6.07) is 5.73. The Morgan fingerprint density at radius 2 is 1.84 bits per heavy atom. The van der Waals surface area contributed by atoms with Crippen LogP contribution in [-0.2, 0) is 16.0 Å². The maximum absolute atomic E-state index is 12.6. The highest BCUT2D eigenvalue weighted by Crippen LogP contribution is 2.14. The molecule has 0 bridgehead atoms. The van der Waals surface area contributed by atoms with Crippen LogP contribution >= 0.6 is 0 Å². The van der Waals surface area contributed by atoms with Crippen LogP contribution in [-0.4, -0.2) is 31.8 Å². The number of benzene rings is 1. The monoisotopic (exact) mass is 279 g/mol. The average molecular weight is 279 g/mol. The second-order valence-electron chi connectivity index (χ2n) is 3.83. The number of carbonyl (C=O) groups is 1. The second kappa shape index (κ2) is 7.08. The van der Waals surface area contributed by atoms with E-state index in [1.165, 1.54) is 12.1 Å². The van der Waals surface area contributed by atoms with Crippen LogP contribution in [0.25, 0.3) is 0 Å². The molecule has 0 fully saturated rings. The lowest BCUT2D eigenvalue weighted by Crippen LogP contribution is -2.31. The fourth-order valence-electron chi connectivity index (χ4n) is 1.31. The van der Waals surface area contributed by atoms with Crippen molar-refractivity contribution in [3.63, 3.8) is 0 Å². The molecule has 1 N–H and O–H groups in total. The molecule has 1 aromatic carbocycles. The predicted molar refractivity (Wildman–Crippen MR) is 60.0 cm³/mol. The average Bonchev–Trinajstić information content (AvgIpc) is 2.30. The van der Waals surface area contributed by atoms with E-state index >= 15 is 0 Å². The van der Waals surface area contributed by atoms with Crippen molar-refractivity contribution in [2.45, 2.75) is 12.6 Å². The zero-order valence-electron chi connectivity index (χ0n) is 9.97. The molecule has 0 unspecified atom stereocenters. The number of rotatable bonds is 6. The molecule has 1 aromatic rings. The lowest BCUT2D eigenvalue weighted by Gasteiger charge is -2.08. The molecule has 7 heteroatoms. The Kier molecular flexibility index (Phi) is 5.75. The summed E-state index contributed by atoms with van der Waals surface area (Å²) in [7, 11) is 0. The van der Waals surface area contributed by atoms with Crippen molar-refractivity contribution in [2.24, 2.45) is 0 Å². The fourth-order valence-corrected chi connectivity index (χ4v) is 1.31. The second-order valence-corrected chi connectivity index (χ2v) is 3.83. The van der Waals surface area contributed by atoms with Crippen molar-refractivity contribution in [1.29, 1.82) is 0 Å². The molecule has 0 aliphatic rings. The van der Waals surface area contributed by atoms with Crippen LogP contribution in [0.1, 0.15) is 5.56 Å². The van der Waals surface area contributed by atoms with Gasteiger partial charge in [0.15, 0.2) is 0 Å². The van der Waals surface area contributed by atoms with E-state index in [2.05, 4.69) is 10.1 Å². The fraction of sp³-hybridized carbons (Fsp3) is 0.417. The van der Waals surface area contributed by atoms with Crippen molar-refractivity contribution in [1.82, 2.24) is 5.32 Å². The number of hydrogen-bond donors (Lipinski definition) is 1. The molecule has 0 radical (unpaired) electrons. The first kappa shape index (κ1) is 15.4. The lowest BCUT2D eigenvalue weighted by molar-refractivity contribution is -0.175. The summed E-state index contributed by atoms with van der Waals surface area (Å²) in [4.78, 5) is 11.1. The van der Waals surface area contributed by atoms with Gasteiger partial charge in [-0.25, -0.2) is 4.39 Å². The van der Waals surface area contributed by atoms with Gasteiger partial charge in [-0.3, -0.25) is 4.79 Å². The molecule has 106 valence electrons. The van der Waals surface area contributed by atoms with Crippen molar-refractivity contribution < 1.29 is 27.1 Å². The number of halogens is 4. The van der Waals surface area contributed by atoms with Gasteiger partial charge >= 0.3 is 6.18 Å². The van der Waals surface area contributed by atoms with Gasteiger partial charge in [0.25, 0.3) is 0 Å². The van der Waals surface area contributed by atoms with Gasteiger partial charge in [0, 0.05) is 6.54 Å². The minimum absolute atomic E-state index is 0.250. The molecule has 0 aliphatic heterocycles. The molecule has 0 saturated heterocycles. The van der Waals surface area contributed by atoms with Crippen LogP contribution in [0.5, 0.6) is 0 Å². The van der Waals surface area contributed by atoms with Gasteiger partial charge in [0.2, 0.25) is 5.91 Å². The first-order valence-electron chi connectivity index (χ1n) is 5.52. The molecule has 0 atom stereocenters. The first-order valence-corrected chi connectivity index (χ1v) is 5.52. The number of carbonyl (C=O) groups excluding carboxylic acids is 1. The minimum Gasteiger partial charge on any atom is -0.362 e. The molecule has 0 aliphatic carbocycles. The molecular weight excluding hydrogens is 266 g/mol. The topological polar surface area (TPSA) is 38.3 Å². The van der Waals surface area contributed by atoms with Crippen LogP contribution < -0.4 is 5.32 Å².